The molecule has 1 saturated heterocycles. The smallest absolute Gasteiger partial charge is 0.334 e. The lowest BCUT2D eigenvalue weighted by Gasteiger charge is -2.39. The molecular formula is C36H59N3O8S. The number of sulfone groups is 1. The van der Waals surface area contributed by atoms with Gasteiger partial charge in [0.2, 0.25) is 5.91 Å². The van der Waals surface area contributed by atoms with Crippen LogP contribution in [0.1, 0.15) is 96.0 Å². The van der Waals surface area contributed by atoms with Gasteiger partial charge in [-0.05, 0) is 37.2 Å². The van der Waals surface area contributed by atoms with Crippen LogP contribution >= 0.6 is 0 Å². The Kier molecular flexibility index (Phi) is 15.8. The number of quaternary nitrogens is 1. The molecule has 0 radical (unpaired) electrons. The third-order valence-electron chi connectivity index (χ3n) is 10.7. The lowest BCUT2D eigenvalue weighted by Crippen LogP contribution is -3.17. The van der Waals surface area contributed by atoms with Gasteiger partial charge >= 0.3 is 5.91 Å². The molecule has 2 aliphatic carbocycles. The molecule has 12 heteroatoms. The summed E-state index contributed by atoms with van der Waals surface area (Å²) in [4.78, 5) is 30.0. The zero-order valence-corrected chi connectivity index (χ0v) is 29.6. The zero-order valence-electron chi connectivity index (χ0n) is 28.8. The second-order valence-electron chi connectivity index (χ2n) is 14.4. The molecular weight excluding hydrogens is 634 g/mol. The van der Waals surface area contributed by atoms with Gasteiger partial charge in [0.1, 0.15) is 18.2 Å². The Labute approximate surface area is 287 Å². The van der Waals surface area contributed by atoms with E-state index in [9.17, 15) is 33.4 Å². The number of aliphatic hydroxyl groups is 2. The maximum Gasteiger partial charge on any atom is 0.334 e. The van der Waals surface area contributed by atoms with Crippen molar-refractivity contribution in [2.75, 3.05) is 38.6 Å². The van der Waals surface area contributed by atoms with E-state index < -0.39 is 62.2 Å². The number of unbranched alkanes of at least 4 members (excludes halogenated alkanes) is 1. The fourth-order valence-corrected chi connectivity index (χ4v) is 9.87. The third-order valence-corrected chi connectivity index (χ3v) is 13.0. The van der Waals surface area contributed by atoms with Crippen molar-refractivity contribution in [3.63, 3.8) is 0 Å². The first-order valence-electron chi connectivity index (χ1n) is 18.4. The average Bonchev–Trinajstić information content (AvgIpc) is 3.66. The number of nitrogens with zero attached hydrogens (tertiary/aromatic N) is 1. The number of amides is 2. The SMILES string of the molecule is CCCC[C@H](NC(=O)[C@H](Cc1ccccc1)CS(=O)(=O)C1CCCC1)C(=O)[NH+]([O-])[C@@H](CC1CCCCC1)[C@@H](O)[C@@H](O)CN1CCOCC1. The molecule has 1 aromatic rings. The van der Waals surface area contributed by atoms with E-state index >= 15 is 0 Å². The maximum atomic E-state index is 14.1. The molecule has 48 heavy (non-hydrogen) atoms. The van der Waals surface area contributed by atoms with E-state index in [1.54, 1.807) is 0 Å². The number of hydroxylamine groups is 2. The molecule has 2 amide bonds. The molecule has 0 bridgehead atoms. The Bertz CT molecular complexity index is 1220. The van der Waals surface area contributed by atoms with Gasteiger partial charge in [-0.1, -0.05) is 95.0 Å². The molecule has 272 valence electrons. The number of benzene rings is 1. The van der Waals surface area contributed by atoms with Crippen LogP contribution < -0.4 is 10.4 Å². The van der Waals surface area contributed by atoms with Gasteiger partial charge in [-0.3, -0.25) is 9.69 Å². The standard InChI is InChI=1S/C36H59N3O8S/c1-2-3-18-31(37-35(42)29(23-27-12-6-4-7-13-27)26-48(45,46)30-16-10-11-17-30)36(43)39(44)32(24-28-14-8-5-9-15-28)34(41)33(40)25-38-19-21-47-22-20-38/h4,6-7,12-13,28-34,39-41H,2-3,5,8-11,14-26H2,1H3,(H,37,42)/t29-,31+,32+,33+,34-/m1/s1. The Hall–Kier alpha value is -1.93. The van der Waals surface area contributed by atoms with Crippen LogP contribution in [0.25, 0.3) is 0 Å². The van der Waals surface area contributed by atoms with Crippen LogP contribution in [-0.4, -0.2) is 103 Å². The monoisotopic (exact) mass is 693 g/mol. The predicted octanol–water partition coefficient (Wildman–Crippen LogP) is 2.18. The van der Waals surface area contributed by atoms with Crippen LogP contribution in [0, 0.1) is 17.0 Å². The predicted molar refractivity (Wildman–Crippen MR) is 185 cm³/mol. The second kappa shape index (κ2) is 19.5. The van der Waals surface area contributed by atoms with Crippen LogP contribution in [0.15, 0.2) is 30.3 Å². The van der Waals surface area contributed by atoms with Crippen molar-refractivity contribution in [1.82, 2.24) is 10.2 Å². The molecule has 0 aromatic heterocycles. The highest BCUT2D eigenvalue weighted by Gasteiger charge is 2.41. The van der Waals surface area contributed by atoms with Gasteiger partial charge in [0, 0.05) is 26.1 Å². The van der Waals surface area contributed by atoms with E-state index in [1.807, 2.05) is 42.2 Å². The number of hydrogen-bond acceptors (Lipinski definition) is 9. The summed E-state index contributed by atoms with van der Waals surface area (Å²) in [5.41, 5.74) is 0.816. The Morgan fingerprint density at radius 3 is 2.31 bits per heavy atom. The fraction of sp³-hybridized carbons (Fsp3) is 0.778. The molecule has 4 rings (SSSR count). The number of hydrogen-bond donors (Lipinski definition) is 4. The molecule has 4 N–H and O–H groups in total. The largest absolute Gasteiger partial charge is 0.626 e. The zero-order chi connectivity index (χ0) is 34.5. The van der Waals surface area contributed by atoms with Gasteiger partial charge < -0.3 is 30.5 Å². The number of rotatable bonds is 18. The van der Waals surface area contributed by atoms with Crippen LogP contribution in [0.3, 0.4) is 0 Å². The highest BCUT2D eigenvalue weighted by Crippen LogP contribution is 2.29. The lowest BCUT2D eigenvalue weighted by molar-refractivity contribution is -0.803. The van der Waals surface area contributed by atoms with Crippen molar-refractivity contribution < 1.29 is 38.0 Å². The normalized spacial score (nSPS) is 22.4. The van der Waals surface area contributed by atoms with E-state index in [0.29, 0.717) is 52.0 Å². The van der Waals surface area contributed by atoms with Crippen molar-refractivity contribution >= 4 is 21.7 Å². The van der Waals surface area contributed by atoms with Gasteiger partial charge in [-0.25, -0.2) is 13.2 Å². The maximum absolute atomic E-state index is 14.1. The van der Waals surface area contributed by atoms with Gasteiger partial charge in [0.05, 0.1) is 36.2 Å². The molecule has 11 nitrogen and oxygen atoms in total. The van der Waals surface area contributed by atoms with Crippen LogP contribution in [0.5, 0.6) is 0 Å². The minimum atomic E-state index is -3.56. The first kappa shape index (κ1) is 38.9. The van der Waals surface area contributed by atoms with Crippen molar-refractivity contribution in [2.24, 2.45) is 11.8 Å². The highest BCUT2D eigenvalue weighted by molar-refractivity contribution is 7.92. The first-order valence-corrected chi connectivity index (χ1v) is 20.1. The van der Waals surface area contributed by atoms with Crippen molar-refractivity contribution in [2.45, 2.75) is 126 Å². The van der Waals surface area contributed by atoms with Gasteiger partial charge in [-0.2, -0.15) is 0 Å². The molecule has 1 aromatic carbocycles. The number of carbonyl (C=O) groups excluding carboxylic acids is 2. The van der Waals surface area contributed by atoms with E-state index in [1.165, 1.54) is 0 Å². The minimum absolute atomic E-state index is 0.158. The summed E-state index contributed by atoms with van der Waals surface area (Å²) < 4.78 is 32.3. The minimum Gasteiger partial charge on any atom is -0.626 e. The van der Waals surface area contributed by atoms with E-state index in [-0.39, 0.29) is 31.1 Å². The van der Waals surface area contributed by atoms with Crippen LogP contribution in [-0.2, 0) is 30.6 Å². The molecule has 2 saturated carbocycles. The van der Waals surface area contributed by atoms with Crippen LogP contribution in [0.4, 0.5) is 0 Å². The summed E-state index contributed by atoms with van der Waals surface area (Å²) in [5, 5.41) is 38.2. The quantitative estimate of drug-likeness (QED) is 0.169. The summed E-state index contributed by atoms with van der Waals surface area (Å²) in [7, 11) is -3.56. The van der Waals surface area contributed by atoms with E-state index in [2.05, 4.69) is 5.32 Å². The number of nitrogens with one attached hydrogen (secondary N) is 2. The number of carbonyl (C=O) groups is 2. The van der Waals surface area contributed by atoms with Crippen molar-refractivity contribution in [3.05, 3.63) is 41.1 Å². The molecule has 1 heterocycles. The first-order chi connectivity index (χ1) is 23.1. The highest BCUT2D eigenvalue weighted by atomic mass is 32.2. The number of ether oxygens (including phenoxy) is 1. The van der Waals surface area contributed by atoms with Crippen molar-refractivity contribution in [1.29, 1.82) is 0 Å². The van der Waals surface area contributed by atoms with Crippen molar-refractivity contribution in [3.8, 4) is 0 Å². The van der Waals surface area contributed by atoms with Gasteiger partial charge in [0.15, 0.2) is 9.84 Å². The summed E-state index contributed by atoms with van der Waals surface area (Å²) in [5.74, 6) is -2.43. The van der Waals surface area contributed by atoms with E-state index in [4.69, 9.17) is 4.74 Å². The fourth-order valence-electron chi connectivity index (χ4n) is 7.72. The second-order valence-corrected chi connectivity index (χ2v) is 16.7. The number of β-amino-alcohol motifs (C(OH)–C–C–N with tert-alkyl or cyclic N) is 1. The number of aliphatic hydroxyl groups excluding tert-OH is 2. The molecule has 3 aliphatic rings. The third kappa shape index (κ3) is 11.6. The Morgan fingerprint density at radius 1 is 1.02 bits per heavy atom. The number of morpholine rings is 1. The molecule has 1 unspecified atom stereocenters. The topological polar surface area (TPSA) is 161 Å². The van der Waals surface area contributed by atoms with Crippen LogP contribution in [0.2, 0.25) is 0 Å². The molecule has 3 fully saturated rings. The average molecular weight is 694 g/mol. The summed E-state index contributed by atoms with van der Waals surface area (Å²) in [6.07, 6.45) is 7.20. The summed E-state index contributed by atoms with van der Waals surface area (Å²) in [6, 6.07) is 7.00. The van der Waals surface area contributed by atoms with E-state index in [0.717, 1.165) is 56.9 Å². The lowest BCUT2D eigenvalue weighted by atomic mass is 9.82. The Morgan fingerprint density at radius 2 is 1.67 bits per heavy atom. The molecule has 0 spiro atoms. The van der Waals surface area contributed by atoms with Gasteiger partial charge in [0.25, 0.3) is 0 Å². The Balaban J connectivity index is 1.53. The van der Waals surface area contributed by atoms with Gasteiger partial charge in [-0.15, -0.1) is 0 Å². The molecule has 6 atom stereocenters. The molecule has 1 aliphatic heterocycles. The summed E-state index contributed by atoms with van der Waals surface area (Å²) in [6.45, 7) is 4.38. The summed E-state index contributed by atoms with van der Waals surface area (Å²) >= 11 is 0.